The lowest BCUT2D eigenvalue weighted by atomic mass is 10.1. The van der Waals surface area contributed by atoms with Gasteiger partial charge >= 0.3 is 0 Å². The van der Waals surface area contributed by atoms with E-state index in [4.69, 9.17) is 14.5 Å². The van der Waals surface area contributed by atoms with Gasteiger partial charge in [-0.1, -0.05) is 42.5 Å². The Morgan fingerprint density at radius 2 is 1.67 bits per heavy atom. The minimum absolute atomic E-state index is 0.310. The fraction of sp³-hybridized carbons (Fsp3) is 0.182. The van der Waals surface area contributed by atoms with Gasteiger partial charge in [0.05, 0.1) is 41.3 Å². The molecular weight excluding hydrogens is 601 g/mol. The third-order valence-electron chi connectivity index (χ3n) is 7.17. The molecule has 5 aromatic rings. The van der Waals surface area contributed by atoms with Crippen LogP contribution in [0.1, 0.15) is 34.7 Å². The first-order valence-corrected chi connectivity index (χ1v) is 14.2. The third-order valence-corrected chi connectivity index (χ3v) is 7.97. The van der Waals surface area contributed by atoms with Crippen molar-refractivity contribution < 1.29 is 18.7 Å². The fourth-order valence-corrected chi connectivity index (χ4v) is 5.48. The first-order valence-electron chi connectivity index (χ1n) is 13.4. The summed E-state index contributed by atoms with van der Waals surface area (Å²) >= 11 is 3.61. The fourth-order valence-electron chi connectivity index (χ4n) is 4.91. The molecule has 0 bridgehead atoms. The molecule has 4 aromatic carbocycles. The number of fused-ring (bicyclic) bond motifs is 1. The van der Waals surface area contributed by atoms with Gasteiger partial charge in [-0.15, -0.1) is 0 Å². The van der Waals surface area contributed by atoms with E-state index in [0.29, 0.717) is 56.9 Å². The van der Waals surface area contributed by atoms with Crippen molar-refractivity contribution in [1.29, 1.82) is 0 Å². The van der Waals surface area contributed by atoms with Crippen molar-refractivity contribution in [1.82, 2.24) is 14.5 Å². The third kappa shape index (κ3) is 5.78. The van der Waals surface area contributed by atoms with Crippen molar-refractivity contribution in [2.75, 3.05) is 20.8 Å². The topological polar surface area (TPSA) is 73.7 Å². The molecule has 214 valence electrons. The normalized spacial score (nSPS) is 11.7. The summed E-state index contributed by atoms with van der Waals surface area (Å²) in [5.74, 6) is 0.545. The average molecular weight is 631 g/mol. The second-order valence-electron chi connectivity index (χ2n) is 9.71. The number of amides is 1. The summed E-state index contributed by atoms with van der Waals surface area (Å²) in [4.78, 5) is 34.8. The first-order chi connectivity index (χ1) is 20.3. The standard InChI is InChI=1S/C33H29BrFN3O4/c1-21(37(18-17-22-9-5-4-6-10-22)32(39)23-13-15-24(35)16-14-23)31-36-27-12-8-7-11-26(27)33(40)38(31)28-19-25(41-2)20-29(42-3)30(28)34/h4-16,19-21H,17-18H2,1-3H3. The zero-order valence-electron chi connectivity index (χ0n) is 23.4. The maximum atomic E-state index is 14.2. The predicted octanol–water partition coefficient (Wildman–Crippen LogP) is 6.75. The van der Waals surface area contributed by atoms with Gasteiger partial charge in [0.25, 0.3) is 11.5 Å². The molecule has 1 atom stereocenters. The number of ether oxygens (including phenoxy) is 2. The van der Waals surface area contributed by atoms with E-state index in [9.17, 15) is 14.0 Å². The number of hydrogen-bond donors (Lipinski definition) is 0. The zero-order valence-corrected chi connectivity index (χ0v) is 25.0. The Balaban J connectivity index is 1.71. The number of carbonyl (C=O) groups is 1. The van der Waals surface area contributed by atoms with Gasteiger partial charge in [-0.25, -0.2) is 9.37 Å². The second kappa shape index (κ2) is 12.6. The maximum absolute atomic E-state index is 14.2. The van der Waals surface area contributed by atoms with E-state index in [1.54, 1.807) is 35.2 Å². The Morgan fingerprint density at radius 3 is 2.36 bits per heavy atom. The Morgan fingerprint density at radius 1 is 0.976 bits per heavy atom. The van der Waals surface area contributed by atoms with Crippen LogP contribution < -0.4 is 15.0 Å². The largest absolute Gasteiger partial charge is 0.497 e. The summed E-state index contributed by atoms with van der Waals surface area (Å²) in [6.45, 7) is 2.16. The second-order valence-corrected chi connectivity index (χ2v) is 10.5. The van der Waals surface area contributed by atoms with Crippen molar-refractivity contribution in [3.05, 3.63) is 129 Å². The van der Waals surface area contributed by atoms with Crippen molar-refractivity contribution in [2.24, 2.45) is 0 Å². The number of para-hydroxylation sites is 1. The molecule has 9 heteroatoms. The molecule has 0 aliphatic rings. The van der Waals surface area contributed by atoms with Crippen molar-refractivity contribution >= 4 is 32.7 Å². The number of methoxy groups -OCH3 is 2. The van der Waals surface area contributed by atoms with Gasteiger partial charge in [-0.3, -0.25) is 14.2 Å². The lowest BCUT2D eigenvalue weighted by Crippen LogP contribution is -2.38. The highest BCUT2D eigenvalue weighted by Gasteiger charge is 2.29. The van der Waals surface area contributed by atoms with E-state index in [2.05, 4.69) is 15.9 Å². The van der Waals surface area contributed by atoms with Crippen LogP contribution in [0, 0.1) is 5.82 Å². The minimum atomic E-state index is -0.673. The Hall–Kier alpha value is -4.50. The molecule has 0 saturated carbocycles. The average Bonchev–Trinajstić information content (AvgIpc) is 3.02. The Kier molecular flexibility index (Phi) is 8.68. The molecule has 42 heavy (non-hydrogen) atoms. The lowest BCUT2D eigenvalue weighted by Gasteiger charge is -2.31. The van der Waals surface area contributed by atoms with Crippen LogP contribution in [0.4, 0.5) is 4.39 Å². The molecule has 0 saturated heterocycles. The molecule has 0 aliphatic carbocycles. The van der Waals surface area contributed by atoms with Gasteiger partial charge < -0.3 is 14.4 Å². The SMILES string of the molecule is COc1cc(OC)c(Br)c(-n2c(C(C)N(CCc3ccccc3)C(=O)c3ccc(F)cc3)nc3ccccc3c2=O)c1. The molecule has 1 amide bonds. The maximum Gasteiger partial charge on any atom is 0.266 e. The van der Waals surface area contributed by atoms with E-state index in [0.717, 1.165) is 5.56 Å². The van der Waals surface area contributed by atoms with Crippen LogP contribution in [0.2, 0.25) is 0 Å². The van der Waals surface area contributed by atoms with Crippen LogP contribution in [0.3, 0.4) is 0 Å². The predicted molar refractivity (Wildman–Crippen MR) is 164 cm³/mol. The molecule has 7 nitrogen and oxygen atoms in total. The molecule has 0 N–H and O–H groups in total. The molecule has 0 spiro atoms. The molecular formula is C33H29BrFN3O4. The highest BCUT2D eigenvalue weighted by Crippen LogP contribution is 2.37. The molecule has 1 heterocycles. The highest BCUT2D eigenvalue weighted by molar-refractivity contribution is 9.10. The lowest BCUT2D eigenvalue weighted by molar-refractivity contribution is 0.0683. The number of hydrogen-bond acceptors (Lipinski definition) is 5. The molecule has 0 fully saturated rings. The minimum Gasteiger partial charge on any atom is -0.497 e. The number of nitrogens with zero attached hydrogens (tertiary/aromatic N) is 3. The van der Waals surface area contributed by atoms with Gasteiger partial charge in [0.2, 0.25) is 0 Å². The molecule has 1 aromatic heterocycles. The quantitative estimate of drug-likeness (QED) is 0.180. The summed E-state index contributed by atoms with van der Waals surface area (Å²) < 4.78 is 26.8. The van der Waals surface area contributed by atoms with Crippen LogP contribution in [0.15, 0.2) is 100 Å². The number of rotatable bonds is 9. The van der Waals surface area contributed by atoms with Gasteiger partial charge in [-0.2, -0.15) is 0 Å². The monoisotopic (exact) mass is 629 g/mol. The summed E-state index contributed by atoms with van der Waals surface area (Å²) in [5.41, 5.74) is 2.02. The molecule has 5 rings (SSSR count). The number of aromatic nitrogens is 2. The van der Waals surface area contributed by atoms with Gasteiger partial charge in [0, 0.05) is 24.2 Å². The smallest absolute Gasteiger partial charge is 0.266 e. The number of benzene rings is 4. The van der Waals surface area contributed by atoms with E-state index < -0.39 is 11.9 Å². The first kappa shape index (κ1) is 29.0. The van der Waals surface area contributed by atoms with Crippen molar-refractivity contribution in [2.45, 2.75) is 19.4 Å². The van der Waals surface area contributed by atoms with Gasteiger partial charge in [-0.05, 0) is 71.2 Å². The van der Waals surface area contributed by atoms with Gasteiger partial charge in [0.1, 0.15) is 23.1 Å². The van der Waals surface area contributed by atoms with Crippen LogP contribution >= 0.6 is 15.9 Å². The van der Waals surface area contributed by atoms with Crippen LogP contribution in [0.5, 0.6) is 11.5 Å². The summed E-state index contributed by atoms with van der Waals surface area (Å²) in [5, 5.41) is 0.419. The van der Waals surface area contributed by atoms with Crippen molar-refractivity contribution in [3.8, 4) is 17.2 Å². The Bertz CT molecular complexity index is 1790. The highest BCUT2D eigenvalue weighted by atomic mass is 79.9. The van der Waals surface area contributed by atoms with Crippen LogP contribution in [-0.2, 0) is 6.42 Å². The van der Waals surface area contributed by atoms with E-state index in [1.165, 1.54) is 43.1 Å². The number of carbonyl (C=O) groups excluding carboxylic acids is 1. The van der Waals surface area contributed by atoms with E-state index in [1.807, 2.05) is 43.3 Å². The molecule has 0 radical (unpaired) electrons. The summed E-state index contributed by atoms with van der Waals surface area (Å²) in [7, 11) is 3.06. The van der Waals surface area contributed by atoms with Crippen LogP contribution in [-0.4, -0.2) is 41.1 Å². The van der Waals surface area contributed by atoms with E-state index >= 15 is 0 Å². The van der Waals surface area contributed by atoms with E-state index in [-0.39, 0.29) is 11.5 Å². The summed E-state index contributed by atoms with van der Waals surface area (Å²) in [6, 6.07) is 25.1. The van der Waals surface area contributed by atoms with Crippen molar-refractivity contribution in [3.63, 3.8) is 0 Å². The summed E-state index contributed by atoms with van der Waals surface area (Å²) in [6.07, 6.45) is 0.562. The molecule has 0 aliphatic heterocycles. The Labute approximate surface area is 251 Å². The number of halogens is 2. The van der Waals surface area contributed by atoms with Crippen LogP contribution in [0.25, 0.3) is 16.6 Å². The van der Waals surface area contributed by atoms with Gasteiger partial charge in [0.15, 0.2) is 0 Å². The molecule has 1 unspecified atom stereocenters. The zero-order chi connectivity index (χ0) is 29.8.